The van der Waals surface area contributed by atoms with Gasteiger partial charge < -0.3 is 0 Å². The van der Waals surface area contributed by atoms with E-state index in [0.717, 1.165) is 24.2 Å². The molecule has 1 saturated carbocycles. The van der Waals surface area contributed by atoms with Gasteiger partial charge in [-0.1, -0.05) is 0 Å². The Morgan fingerprint density at radius 1 is 1.67 bits per heavy atom. The summed E-state index contributed by atoms with van der Waals surface area (Å²) in [6.07, 6.45) is 2.12. The molecule has 0 saturated heterocycles. The highest BCUT2D eigenvalue weighted by atomic mass is 16.1. The zero-order chi connectivity index (χ0) is 8.72. The lowest BCUT2D eigenvalue weighted by Crippen LogP contribution is -2.08. The van der Waals surface area contributed by atoms with Crippen LogP contribution in [-0.2, 0) is 7.05 Å². The molecule has 0 bridgehead atoms. The monoisotopic (exact) mass is 164 g/mol. The molecule has 0 aliphatic heterocycles. The van der Waals surface area contributed by atoms with Crippen LogP contribution in [0, 0.1) is 12.8 Å². The van der Waals surface area contributed by atoms with Crippen molar-refractivity contribution < 1.29 is 4.79 Å². The van der Waals surface area contributed by atoms with Crippen LogP contribution in [0.4, 0.5) is 0 Å². The molecule has 64 valence electrons. The third-order valence-electron chi connectivity index (χ3n) is 2.20. The number of carbonyl (C=O) groups is 1. The highest BCUT2D eigenvalue weighted by Gasteiger charge is 2.32. The predicted molar refractivity (Wildman–Crippen MR) is 45.0 cm³/mol. The van der Waals surface area contributed by atoms with Crippen LogP contribution in [0.2, 0.25) is 0 Å². The van der Waals surface area contributed by atoms with E-state index in [1.807, 2.05) is 20.0 Å². The fourth-order valence-corrected chi connectivity index (χ4v) is 1.40. The summed E-state index contributed by atoms with van der Waals surface area (Å²) in [6, 6.07) is 1.86. The number of hydrogen-bond donors (Lipinski definition) is 0. The molecule has 0 unspecified atom stereocenters. The highest BCUT2D eigenvalue weighted by molar-refractivity contribution is 5.97. The van der Waals surface area contributed by atoms with E-state index in [4.69, 9.17) is 0 Å². The first-order valence-electron chi connectivity index (χ1n) is 4.23. The molecule has 2 rings (SSSR count). The Hall–Kier alpha value is -1.12. The van der Waals surface area contributed by atoms with Gasteiger partial charge in [-0.25, -0.2) is 0 Å². The third kappa shape index (κ3) is 1.15. The zero-order valence-corrected chi connectivity index (χ0v) is 7.37. The van der Waals surface area contributed by atoms with Crippen molar-refractivity contribution in [2.24, 2.45) is 13.0 Å². The summed E-state index contributed by atoms with van der Waals surface area (Å²) in [5.74, 6) is 0.554. The average molecular weight is 164 g/mol. The van der Waals surface area contributed by atoms with Crippen LogP contribution < -0.4 is 0 Å². The van der Waals surface area contributed by atoms with Crippen LogP contribution in [-0.4, -0.2) is 15.6 Å². The molecular weight excluding hydrogens is 152 g/mol. The van der Waals surface area contributed by atoms with Crippen LogP contribution in [0.5, 0.6) is 0 Å². The molecule has 1 aliphatic carbocycles. The Morgan fingerprint density at radius 2 is 2.33 bits per heavy atom. The topological polar surface area (TPSA) is 34.9 Å². The first-order valence-corrected chi connectivity index (χ1v) is 4.23. The molecule has 0 radical (unpaired) electrons. The Labute approximate surface area is 71.4 Å². The molecule has 3 nitrogen and oxygen atoms in total. The van der Waals surface area contributed by atoms with Crippen LogP contribution in [0.3, 0.4) is 0 Å². The summed E-state index contributed by atoms with van der Waals surface area (Å²) >= 11 is 0. The predicted octanol–water partition coefficient (Wildman–Crippen LogP) is 1.32. The SMILES string of the molecule is Cc1cc(C(=O)C2CC2)n(C)n1. The summed E-state index contributed by atoms with van der Waals surface area (Å²) < 4.78 is 1.68. The minimum absolute atomic E-state index is 0.262. The molecule has 1 aliphatic rings. The molecule has 1 aromatic rings. The van der Waals surface area contributed by atoms with E-state index in [2.05, 4.69) is 5.10 Å². The van der Waals surface area contributed by atoms with Crippen molar-refractivity contribution in [3.05, 3.63) is 17.5 Å². The molecule has 0 atom stereocenters. The molecule has 1 heterocycles. The summed E-state index contributed by atoms with van der Waals surface area (Å²) in [5.41, 5.74) is 1.68. The summed E-state index contributed by atoms with van der Waals surface area (Å²) in [7, 11) is 1.82. The first kappa shape index (κ1) is 7.53. The van der Waals surface area contributed by atoms with Gasteiger partial charge in [0.1, 0.15) is 5.69 Å². The van der Waals surface area contributed by atoms with Gasteiger partial charge in [0.05, 0.1) is 5.69 Å². The van der Waals surface area contributed by atoms with E-state index in [1.54, 1.807) is 4.68 Å². The van der Waals surface area contributed by atoms with Gasteiger partial charge in [0.25, 0.3) is 0 Å². The first-order chi connectivity index (χ1) is 5.68. The lowest BCUT2D eigenvalue weighted by molar-refractivity contribution is 0.0958. The van der Waals surface area contributed by atoms with Gasteiger partial charge in [-0.2, -0.15) is 5.10 Å². The van der Waals surface area contributed by atoms with Gasteiger partial charge in [-0.3, -0.25) is 9.48 Å². The third-order valence-corrected chi connectivity index (χ3v) is 2.20. The number of nitrogens with zero attached hydrogens (tertiary/aromatic N) is 2. The summed E-state index contributed by atoms with van der Waals surface area (Å²) in [6.45, 7) is 1.91. The number of aromatic nitrogens is 2. The largest absolute Gasteiger partial charge is 0.292 e. The number of Topliss-reactive ketones (excluding diaryl/α,β-unsaturated/α-hetero) is 1. The average Bonchev–Trinajstić information content (AvgIpc) is 2.77. The fraction of sp³-hybridized carbons (Fsp3) is 0.556. The van der Waals surface area contributed by atoms with E-state index >= 15 is 0 Å². The fourth-order valence-electron chi connectivity index (χ4n) is 1.40. The van der Waals surface area contributed by atoms with Crippen molar-refractivity contribution in [3.8, 4) is 0 Å². The maximum atomic E-state index is 11.6. The van der Waals surface area contributed by atoms with Crippen LogP contribution in [0.15, 0.2) is 6.07 Å². The standard InChI is InChI=1S/C9H12N2O/c1-6-5-8(11(2)10-6)9(12)7-3-4-7/h5,7H,3-4H2,1-2H3. The summed E-state index contributed by atoms with van der Waals surface area (Å²) in [5, 5.41) is 4.14. The molecule has 0 N–H and O–H groups in total. The van der Waals surface area contributed by atoms with E-state index in [0.29, 0.717) is 5.92 Å². The molecule has 1 aromatic heterocycles. The Kier molecular flexibility index (Phi) is 1.53. The number of rotatable bonds is 2. The second-order valence-corrected chi connectivity index (χ2v) is 3.43. The molecule has 0 aromatic carbocycles. The van der Waals surface area contributed by atoms with Gasteiger partial charge >= 0.3 is 0 Å². The smallest absolute Gasteiger partial charge is 0.183 e. The zero-order valence-electron chi connectivity index (χ0n) is 7.37. The van der Waals surface area contributed by atoms with Gasteiger partial charge in [-0.15, -0.1) is 0 Å². The van der Waals surface area contributed by atoms with E-state index in [-0.39, 0.29) is 5.78 Å². The number of ketones is 1. The van der Waals surface area contributed by atoms with Crippen molar-refractivity contribution in [1.29, 1.82) is 0 Å². The minimum atomic E-state index is 0.262. The van der Waals surface area contributed by atoms with E-state index in [1.165, 1.54) is 0 Å². The molecule has 1 fully saturated rings. The quantitative estimate of drug-likeness (QED) is 0.618. The van der Waals surface area contributed by atoms with Gasteiger partial charge in [0.15, 0.2) is 5.78 Å². The number of carbonyl (C=O) groups excluding carboxylic acids is 1. The van der Waals surface area contributed by atoms with E-state index < -0.39 is 0 Å². The van der Waals surface area contributed by atoms with Crippen molar-refractivity contribution in [2.75, 3.05) is 0 Å². The van der Waals surface area contributed by atoms with E-state index in [9.17, 15) is 4.79 Å². The Morgan fingerprint density at radius 3 is 2.75 bits per heavy atom. The van der Waals surface area contributed by atoms with Crippen LogP contribution >= 0.6 is 0 Å². The lowest BCUT2D eigenvalue weighted by Gasteiger charge is -1.96. The number of aryl methyl sites for hydroxylation is 2. The molecule has 0 spiro atoms. The maximum Gasteiger partial charge on any atom is 0.183 e. The lowest BCUT2D eigenvalue weighted by atomic mass is 10.2. The second-order valence-electron chi connectivity index (χ2n) is 3.43. The normalized spacial score (nSPS) is 16.5. The summed E-state index contributed by atoms with van der Waals surface area (Å²) in [4.78, 5) is 11.6. The van der Waals surface area contributed by atoms with Gasteiger partial charge in [-0.05, 0) is 25.8 Å². The second kappa shape index (κ2) is 2.44. The molecular formula is C9H12N2O. The number of hydrogen-bond acceptors (Lipinski definition) is 2. The van der Waals surface area contributed by atoms with Gasteiger partial charge in [0, 0.05) is 13.0 Å². The van der Waals surface area contributed by atoms with Crippen molar-refractivity contribution in [2.45, 2.75) is 19.8 Å². The minimum Gasteiger partial charge on any atom is -0.292 e. The molecule has 0 amide bonds. The maximum absolute atomic E-state index is 11.6. The molecule has 3 heteroatoms. The van der Waals surface area contributed by atoms with Crippen molar-refractivity contribution >= 4 is 5.78 Å². The van der Waals surface area contributed by atoms with Crippen LogP contribution in [0.25, 0.3) is 0 Å². The van der Waals surface area contributed by atoms with Gasteiger partial charge in [0.2, 0.25) is 0 Å². The van der Waals surface area contributed by atoms with Crippen molar-refractivity contribution in [1.82, 2.24) is 9.78 Å². The highest BCUT2D eigenvalue weighted by Crippen LogP contribution is 2.32. The van der Waals surface area contributed by atoms with Crippen LogP contribution in [0.1, 0.15) is 29.0 Å². The molecule has 12 heavy (non-hydrogen) atoms. The van der Waals surface area contributed by atoms with Crippen molar-refractivity contribution in [3.63, 3.8) is 0 Å². The Bertz CT molecular complexity index is 323. The Balaban J connectivity index is 2.31.